The maximum absolute atomic E-state index is 12.6. The molecule has 2 N–H and O–H groups in total. The van der Waals surface area contributed by atoms with Gasteiger partial charge in [0.15, 0.2) is 0 Å². The third-order valence-electron chi connectivity index (χ3n) is 5.74. The highest BCUT2D eigenvalue weighted by Gasteiger charge is 2.71. The van der Waals surface area contributed by atoms with E-state index in [1.165, 1.54) is 13.8 Å². The van der Waals surface area contributed by atoms with E-state index in [9.17, 15) is 29.9 Å². The van der Waals surface area contributed by atoms with E-state index in [1.54, 1.807) is 25.2 Å². The van der Waals surface area contributed by atoms with Crippen molar-refractivity contribution in [2.75, 3.05) is 13.2 Å². The number of nitro groups is 1. The third-order valence-corrected chi connectivity index (χ3v) is 5.74. The Morgan fingerprint density at radius 2 is 1.73 bits per heavy atom. The standard InChI is InChI=1S/C20H26N2O8/c1-4-29-17(23)19(25)9-14(15-7-6-13(11-21)8-12(15)3)10-20(26,16(19)22(27)28)18(24)30-5-2/h6-8,12,14-16,25-26H,4-5,9-10H2,1-3H3/t12?,14?,15?,16?,19-,20+. The Labute approximate surface area is 173 Å². The Morgan fingerprint density at radius 1 is 1.23 bits per heavy atom. The van der Waals surface area contributed by atoms with Crippen LogP contribution in [0.4, 0.5) is 0 Å². The zero-order chi connectivity index (χ0) is 22.7. The first-order valence-corrected chi connectivity index (χ1v) is 9.77. The molecule has 0 amide bonds. The average molecular weight is 422 g/mol. The predicted octanol–water partition coefficient (Wildman–Crippen LogP) is 0.902. The van der Waals surface area contributed by atoms with Crippen LogP contribution in [0.1, 0.15) is 33.6 Å². The van der Waals surface area contributed by atoms with E-state index < -0.39 is 58.8 Å². The summed E-state index contributed by atoms with van der Waals surface area (Å²) in [5.41, 5.74) is -5.05. The van der Waals surface area contributed by atoms with Crippen molar-refractivity contribution >= 4 is 11.9 Å². The number of nitriles is 1. The number of aliphatic hydroxyl groups is 2. The maximum atomic E-state index is 12.6. The molecule has 6 atom stereocenters. The minimum Gasteiger partial charge on any atom is -0.464 e. The average Bonchev–Trinajstić information content (AvgIpc) is 2.67. The van der Waals surface area contributed by atoms with Crippen LogP contribution in [0.3, 0.4) is 0 Å². The Balaban J connectivity index is 2.56. The number of ether oxygens (including phenoxy) is 2. The van der Waals surface area contributed by atoms with Crippen molar-refractivity contribution in [1.29, 1.82) is 5.26 Å². The van der Waals surface area contributed by atoms with Gasteiger partial charge in [-0.15, -0.1) is 0 Å². The molecule has 2 rings (SSSR count). The van der Waals surface area contributed by atoms with Crippen LogP contribution in [0.15, 0.2) is 23.8 Å². The number of carbonyl (C=O) groups excluding carboxylic acids is 2. The van der Waals surface area contributed by atoms with E-state index >= 15 is 0 Å². The van der Waals surface area contributed by atoms with Gasteiger partial charge in [0.25, 0.3) is 6.04 Å². The van der Waals surface area contributed by atoms with Crippen molar-refractivity contribution in [3.8, 4) is 6.07 Å². The first-order chi connectivity index (χ1) is 14.0. The lowest BCUT2D eigenvalue weighted by atomic mass is 9.61. The fraction of sp³-hybridized carbons (Fsp3) is 0.650. The molecule has 2 aliphatic rings. The largest absolute Gasteiger partial charge is 0.464 e. The summed E-state index contributed by atoms with van der Waals surface area (Å²) in [7, 11) is 0. The van der Waals surface area contributed by atoms with Crippen molar-refractivity contribution in [3.05, 3.63) is 33.9 Å². The second-order valence-corrected chi connectivity index (χ2v) is 7.68. The van der Waals surface area contributed by atoms with Crippen LogP contribution in [-0.4, -0.2) is 57.5 Å². The number of hydrogen-bond donors (Lipinski definition) is 2. The van der Waals surface area contributed by atoms with E-state index in [-0.39, 0.29) is 19.1 Å². The second kappa shape index (κ2) is 8.93. The summed E-state index contributed by atoms with van der Waals surface area (Å²) in [5, 5.41) is 43.3. The van der Waals surface area contributed by atoms with Crippen LogP contribution in [0.5, 0.6) is 0 Å². The van der Waals surface area contributed by atoms with Gasteiger partial charge >= 0.3 is 11.9 Å². The maximum Gasteiger partial charge on any atom is 0.345 e. The molecule has 2 aliphatic carbocycles. The minimum atomic E-state index is -2.74. The number of nitrogens with zero attached hydrogens (tertiary/aromatic N) is 2. The van der Waals surface area contributed by atoms with Gasteiger partial charge in [0.2, 0.25) is 11.2 Å². The number of rotatable bonds is 6. The summed E-state index contributed by atoms with van der Waals surface area (Å²) >= 11 is 0. The molecular formula is C20H26N2O8. The molecule has 0 aromatic rings. The molecule has 1 saturated carbocycles. The Morgan fingerprint density at radius 3 is 2.10 bits per heavy atom. The van der Waals surface area contributed by atoms with E-state index in [4.69, 9.17) is 14.7 Å². The van der Waals surface area contributed by atoms with Gasteiger partial charge in [-0.1, -0.05) is 19.1 Å². The first-order valence-electron chi connectivity index (χ1n) is 9.77. The van der Waals surface area contributed by atoms with Crippen LogP contribution in [0, 0.1) is 39.2 Å². The summed E-state index contributed by atoms with van der Waals surface area (Å²) < 4.78 is 9.73. The highest BCUT2D eigenvalue weighted by molar-refractivity contribution is 5.86. The summed E-state index contributed by atoms with van der Waals surface area (Å²) in [6.07, 6.45) is 4.16. The fourth-order valence-electron chi connectivity index (χ4n) is 4.51. The van der Waals surface area contributed by atoms with E-state index in [0.29, 0.717) is 5.57 Å². The molecule has 0 radical (unpaired) electrons. The predicted molar refractivity (Wildman–Crippen MR) is 102 cm³/mol. The number of hydrogen-bond acceptors (Lipinski definition) is 9. The lowest BCUT2D eigenvalue weighted by Crippen LogP contribution is -2.71. The van der Waals surface area contributed by atoms with Crippen LogP contribution in [0.2, 0.25) is 0 Å². The quantitative estimate of drug-likeness (QED) is 0.360. The third kappa shape index (κ3) is 4.08. The zero-order valence-electron chi connectivity index (χ0n) is 17.1. The molecular weight excluding hydrogens is 396 g/mol. The summed E-state index contributed by atoms with van der Waals surface area (Å²) in [6, 6.07) is -0.334. The molecule has 0 aromatic carbocycles. The highest BCUT2D eigenvalue weighted by atomic mass is 16.6. The smallest absolute Gasteiger partial charge is 0.345 e. The van der Waals surface area contributed by atoms with Crippen LogP contribution >= 0.6 is 0 Å². The fourth-order valence-corrected chi connectivity index (χ4v) is 4.51. The molecule has 164 valence electrons. The van der Waals surface area contributed by atoms with Gasteiger partial charge in [-0.3, -0.25) is 10.1 Å². The van der Waals surface area contributed by atoms with E-state index in [1.807, 2.05) is 6.07 Å². The molecule has 30 heavy (non-hydrogen) atoms. The Bertz CT molecular complexity index is 782. The van der Waals surface area contributed by atoms with Gasteiger partial charge in [-0.05, 0) is 50.5 Å². The Kier molecular flexibility index (Phi) is 7.00. The highest BCUT2D eigenvalue weighted by Crippen LogP contribution is 2.47. The normalized spacial score (nSPS) is 35.7. The van der Waals surface area contributed by atoms with Gasteiger partial charge < -0.3 is 19.7 Å². The SMILES string of the molecule is CCOC(=O)[C@]1(O)CC(C2C=CC(C#N)=CC2C)C[C@](O)(C(=O)OCC)C1[N+](=O)[O-]. The monoisotopic (exact) mass is 422 g/mol. The van der Waals surface area contributed by atoms with Crippen LogP contribution in [-0.2, 0) is 19.1 Å². The number of allylic oxidation sites excluding steroid dienone is 4. The van der Waals surface area contributed by atoms with Gasteiger partial charge in [0, 0.05) is 10.5 Å². The molecule has 10 heteroatoms. The first kappa shape index (κ1) is 23.5. The van der Waals surface area contributed by atoms with Crippen molar-refractivity contribution < 1.29 is 34.2 Å². The second-order valence-electron chi connectivity index (χ2n) is 7.68. The van der Waals surface area contributed by atoms with Gasteiger partial charge in [0.1, 0.15) is 0 Å². The lowest BCUT2D eigenvalue weighted by molar-refractivity contribution is -0.567. The minimum absolute atomic E-state index is 0.151. The topological polar surface area (TPSA) is 160 Å². The van der Waals surface area contributed by atoms with Gasteiger partial charge in [-0.2, -0.15) is 5.26 Å². The molecule has 0 aliphatic heterocycles. The van der Waals surface area contributed by atoms with E-state index in [0.717, 1.165) is 0 Å². The van der Waals surface area contributed by atoms with Crippen LogP contribution in [0.25, 0.3) is 0 Å². The Hall–Kier alpha value is -2.77. The summed E-state index contributed by atoms with van der Waals surface area (Å²) in [5.74, 6) is -3.89. The zero-order valence-corrected chi connectivity index (χ0v) is 17.1. The lowest BCUT2D eigenvalue weighted by Gasteiger charge is -2.46. The summed E-state index contributed by atoms with van der Waals surface area (Å²) in [4.78, 5) is 36.0. The number of carbonyl (C=O) groups is 2. The molecule has 0 aromatic heterocycles. The molecule has 1 fully saturated rings. The van der Waals surface area contributed by atoms with Crippen molar-refractivity contribution in [3.63, 3.8) is 0 Å². The molecule has 4 unspecified atom stereocenters. The number of esters is 2. The van der Waals surface area contributed by atoms with Crippen molar-refractivity contribution in [2.24, 2.45) is 17.8 Å². The van der Waals surface area contributed by atoms with Crippen molar-refractivity contribution in [1.82, 2.24) is 0 Å². The van der Waals surface area contributed by atoms with Gasteiger partial charge in [-0.25, -0.2) is 9.59 Å². The molecule has 10 nitrogen and oxygen atoms in total. The molecule has 0 saturated heterocycles. The van der Waals surface area contributed by atoms with E-state index in [2.05, 4.69) is 0 Å². The van der Waals surface area contributed by atoms with Crippen molar-refractivity contribution in [2.45, 2.75) is 50.9 Å². The van der Waals surface area contributed by atoms with Crippen LogP contribution < -0.4 is 0 Å². The molecule has 0 heterocycles. The molecule has 0 bridgehead atoms. The van der Waals surface area contributed by atoms with Gasteiger partial charge in [0.05, 0.1) is 19.3 Å². The molecule has 0 spiro atoms. The summed E-state index contributed by atoms with van der Waals surface area (Å²) in [6.45, 7) is 4.45.